The van der Waals surface area contributed by atoms with Gasteiger partial charge in [-0.3, -0.25) is 9.88 Å². The summed E-state index contributed by atoms with van der Waals surface area (Å²) in [5.41, 5.74) is 7.35. The maximum atomic E-state index is 8.77. The second-order valence-corrected chi connectivity index (χ2v) is 4.90. The third kappa shape index (κ3) is 3.28. The Morgan fingerprint density at radius 1 is 1.50 bits per heavy atom. The molecule has 0 bridgehead atoms. The summed E-state index contributed by atoms with van der Waals surface area (Å²) < 4.78 is 0. The monoisotopic (exact) mass is 244 g/mol. The second-order valence-electron chi connectivity index (χ2n) is 4.90. The van der Waals surface area contributed by atoms with Crippen LogP contribution in [-0.2, 0) is 6.54 Å². The van der Waals surface area contributed by atoms with E-state index in [2.05, 4.69) is 22.0 Å². The van der Waals surface area contributed by atoms with E-state index in [-0.39, 0.29) is 6.04 Å². The van der Waals surface area contributed by atoms with Gasteiger partial charge in [0, 0.05) is 44.0 Å². The molecule has 2 rings (SSSR count). The lowest BCUT2D eigenvalue weighted by molar-refractivity contribution is 0.180. The molecule has 4 nitrogen and oxygen atoms in total. The first-order valence-electron chi connectivity index (χ1n) is 6.56. The zero-order valence-electron chi connectivity index (χ0n) is 10.6. The number of nitriles is 1. The standard InChI is InChI=1S/C14H20N4/c15-7-3-9-18(14-6-1-5-13(14)16)11-12-4-2-8-17-10-12/h2,4,8,10,13-14H,1,3,5-6,9,11,16H2. The first-order chi connectivity index (χ1) is 8.81. The number of nitrogens with zero attached hydrogens (tertiary/aromatic N) is 3. The largest absolute Gasteiger partial charge is 0.326 e. The van der Waals surface area contributed by atoms with Gasteiger partial charge in [0.15, 0.2) is 0 Å². The van der Waals surface area contributed by atoms with Crippen LogP contribution in [0.2, 0.25) is 0 Å². The fourth-order valence-corrected chi connectivity index (χ4v) is 2.70. The van der Waals surface area contributed by atoms with Crippen LogP contribution in [0.3, 0.4) is 0 Å². The molecule has 1 aliphatic rings. The highest BCUT2D eigenvalue weighted by Crippen LogP contribution is 2.24. The molecule has 4 heteroatoms. The minimum atomic E-state index is 0.250. The summed E-state index contributed by atoms with van der Waals surface area (Å²) in [5.74, 6) is 0. The Morgan fingerprint density at radius 3 is 3.00 bits per heavy atom. The maximum Gasteiger partial charge on any atom is 0.0635 e. The number of rotatable bonds is 5. The van der Waals surface area contributed by atoms with Crippen LogP contribution in [-0.4, -0.2) is 28.5 Å². The molecule has 0 saturated heterocycles. The lowest BCUT2D eigenvalue weighted by atomic mass is 10.1. The third-order valence-electron chi connectivity index (χ3n) is 3.62. The summed E-state index contributed by atoms with van der Waals surface area (Å²) in [5, 5.41) is 8.77. The maximum absolute atomic E-state index is 8.77. The van der Waals surface area contributed by atoms with Crippen molar-refractivity contribution in [3.8, 4) is 6.07 Å². The van der Waals surface area contributed by atoms with Gasteiger partial charge in [-0.1, -0.05) is 12.5 Å². The molecule has 1 saturated carbocycles. The van der Waals surface area contributed by atoms with E-state index in [0.29, 0.717) is 12.5 Å². The smallest absolute Gasteiger partial charge is 0.0635 e. The quantitative estimate of drug-likeness (QED) is 0.855. The summed E-state index contributed by atoms with van der Waals surface area (Å²) in [7, 11) is 0. The Morgan fingerprint density at radius 2 is 2.39 bits per heavy atom. The molecule has 0 aromatic carbocycles. The van der Waals surface area contributed by atoms with Crippen molar-refractivity contribution in [3.05, 3.63) is 30.1 Å². The fourth-order valence-electron chi connectivity index (χ4n) is 2.70. The van der Waals surface area contributed by atoms with Crippen LogP contribution in [0.4, 0.5) is 0 Å². The Bertz CT molecular complexity index is 398. The Labute approximate surface area is 108 Å². The number of pyridine rings is 1. The summed E-state index contributed by atoms with van der Waals surface area (Å²) >= 11 is 0. The van der Waals surface area contributed by atoms with E-state index in [4.69, 9.17) is 11.0 Å². The Balaban J connectivity index is 2.03. The van der Waals surface area contributed by atoms with Gasteiger partial charge in [-0.05, 0) is 24.5 Å². The first kappa shape index (κ1) is 13.0. The summed E-state index contributed by atoms with van der Waals surface area (Å²) in [6, 6.07) is 6.92. The third-order valence-corrected chi connectivity index (χ3v) is 3.62. The van der Waals surface area contributed by atoms with E-state index < -0.39 is 0 Å². The molecule has 2 unspecified atom stereocenters. The average Bonchev–Trinajstić information content (AvgIpc) is 2.82. The van der Waals surface area contributed by atoms with Crippen molar-refractivity contribution in [1.82, 2.24) is 9.88 Å². The summed E-state index contributed by atoms with van der Waals surface area (Å²) in [6.07, 6.45) is 7.67. The molecule has 0 spiro atoms. The van der Waals surface area contributed by atoms with Gasteiger partial charge in [0.1, 0.15) is 0 Å². The second kappa shape index (κ2) is 6.48. The fraction of sp³-hybridized carbons (Fsp3) is 0.571. The molecule has 1 aromatic rings. The molecule has 0 amide bonds. The Hall–Kier alpha value is -1.44. The van der Waals surface area contributed by atoms with E-state index in [1.165, 1.54) is 12.0 Å². The molecule has 0 aliphatic heterocycles. The molecule has 0 radical (unpaired) electrons. The van der Waals surface area contributed by atoms with Crippen LogP contribution >= 0.6 is 0 Å². The van der Waals surface area contributed by atoms with Crippen molar-refractivity contribution in [2.24, 2.45) is 5.73 Å². The molecule has 96 valence electrons. The zero-order valence-corrected chi connectivity index (χ0v) is 10.6. The van der Waals surface area contributed by atoms with Gasteiger partial charge in [0.05, 0.1) is 6.07 Å². The van der Waals surface area contributed by atoms with Gasteiger partial charge in [-0.15, -0.1) is 0 Å². The normalized spacial score (nSPS) is 23.2. The van der Waals surface area contributed by atoms with E-state index in [1.807, 2.05) is 12.3 Å². The number of nitrogens with two attached hydrogens (primary N) is 1. The molecule has 1 aromatic heterocycles. The van der Waals surface area contributed by atoms with Crippen LogP contribution < -0.4 is 5.73 Å². The number of hydrogen-bond acceptors (Lipinski definition) is 4. The van der Waals surface area contributed by atoms with E-state index in [0.717, 1.165) is 25.9 Å². The predicted molar refractivity (Wildman–Crippen MR) is 70.5 cm³/mol. The van der Waals surface area contributed by atoms with Crippen molar-refractivity contribution in [2.75, 3.05) is 6.54 Å². The molecule has 1 aliphatic carbocycles. The van der Waals surface area contributed by atoms with Crippen LogP contribution in [0.25, 0.3) is 0 Å². The highest BCUT2D eigenvalue weighted by Gasteiger charge is 2.29. The number of hydrogen-bond donors (Lipinski definition) is 1. The summed E-state index contributed by atoms with van der Waals surface area (Å²) in [4.78, 5) is 6.49. The minimum Gasteiger partial charge on any atom is -0.326 e. The van der Waals surface area contributed by atoms with Crippen molar-refractivity contribution in [1.29, 1.82) is 5.26 Å². The van der Waals surface area contributed by atoms with Crippen molar-refractivity contribution >= 4 is 0 Å². The molecule has 1 heterocycles. The minimum absolute atomic E-state index is 0.250. The van der Waals surface area contributed by atoms with E-state index >= 15 is 0 Å². The van der Waals surface area contributed by atoms with Crippen molar-refractivity contribution in [2.45, 2.75) is 44.3 Å². The molecule has 2 atom stereocenters. The van der Waals surface area contributed by atoms with Gasteiger partial charge in [0.2, 0.25) is 0 Å². The molecular formula is C14H20N4. The highest BCUT2D eigenvalue weighted by molar-refractivity contribution is 5.09. The molecule has 18 heavy (non-hydrogen) atoms. The Kier molecular flexibility index (Phi) is 4.68. The van der Waals surface area contributed by atoms with Crippen LogP contribution in [0, 0.1) is 11.3 Å². The predicted octanol–water partition coefficient (Wildman–Crippen LogP) is 1.68. The van der Waals surface area contributed by atoms with Gasteiger partial charge in [-0.25, -0.2) is 0 Å². The zero-order chi connectivity index (χ0) is 12.8. The van der Waals surface area contributed by atoms with Gasteiger partial charge >= 0.3 is 0 Å². The lowest BCUT2D eigenvalue weighted by Crippen LogP contribution is -2.44. The lowest BCUT2D eigenvalue weighted by Gasteiger charge is -2.31. The first-order valence-corrected chi connectivity index (χ1v) is 6.56. The number of aromatic nitrogens is 1. The van der Waals surface area contributed by atoms with Crippen LogP contribution in [0.15, 0.2) is 24.5 Å². The average molecular weight is 244 g/mol. The highest BCUT2D eigenvalue weighted by atomic mass is 15.2. The van der Waals surface area contributed by atoms with E-state index in [9.17, 15) is 0 Å². The van der Waals surface area contributed by atoms with Gasteiger partial charge < -0.3 is 5.73 Å². The molecular weight excluding hydrogens is 224 g/mol. The molecule has 1 fully saturated rings. The van der Waals surface area contributed by atoms with Gasteiger partial charge in [0.25, 0.3) is 0 Å². The van der Waals surface area contributed by atoms with Crippen molar-refractivity contribution in [3.63, 3.8) is 0 Å². The van der Waals surface area contributed by atoms with Gasteiger partial charge in [-0.2, -0.15) is 5.26 Å². The van der Waals surface area contributed by atoms with Crippen LogP contribution in [0.1, 0.15) is 31.2 Å². The van der Waals surface area contributed by atoms with E-state index in [1.54, 1.807) is 6.20 Å². The SMILES string of the molecule is N#CCCN(Cc1cccnc1)C1CCCC1N. The molecule has 2 N–H and O–H groups in total. The van der Waals surface area contributed by atoms with Crippen LogP contribution in [0.5, 0.6) is 0 Å². The topological polar surface area (TPSA) is 65.9 Å². The summed E-state index contributed by atoms with van der Waals surface area (Å²) in [6.45, 7) is 1.64. The van der Waals surface area contributed by atoms with Crippen molar-refractivity contribution < 1.29 is 0 Å².